The van der Waals surface area contributed by atoms with Gasteiger partial charge in [-0.05, 0) is 30.6 Å². The molecule has 110 valence electrons. The SMILES string of the molecule is CC(C)CC1(CNC(=O)NCCC(=O)O)CCCC1. The first kappa shape index (κ1) is 15.8. The number of amides is 2. The van der Waals surface area contributed by atoms with Crippen molar-refractivity contribution in [2.45, 2.75) is 52.4 Å². The van der Waals surface area contributed by atoms with Gasteiger partial charge in [-0.25, -0.2) is 4.79 Å². The number of hydrogen-bond donors (Lipinski definition) is 3. The molecule has 1 saturated carbocycles. The van der Waals surface area contributed by atoms with E-state index in [0.29, 0.717) is 12.5 Å². The van der Waals surface area contributed by atoms with Crippen molar-refractivity contribution in [3.8, 4) is 0 Å². The van der Waals surface area contributed by atoms with E-state index in [2.05, 4.69) is 24.5 Å². The lowest BCUT2D eigenvalue weighted by molar-refractivity contribution is -0.136. The van der Waals surface area contributed by atoms with Crippen molar-refractivity contribution in [1.29, 1.82) is 0 Å². The second kappa shape index (κ2) is 7.36. The number of carboxylic acids is 1. The van der Waals surface area contributed by atoms with E-state index in [1.165, 1.54) is 25.7 Å². The third kappa shape index (κ3) is 5.94. The first-order chi connectivity index (χ1) is 8.93. The van der Waals surface area contributed by atoms with Crippen LogP contribution in [-0.4, -0.2) is 30.2 Å². The van der Waals surface area contributed by atoms with Crippen LogP contribution in [0.4, 0.5) is 4.79 Å². The molecule has 0 bridgehead atoms. The highest BCUT2D eigenvalue weighted by atomic mass is 16.4. The Labute approximate surface area is 115 Å². The molecule has 0 unspecified atom stereocenters. The van der Waals surface area contributed by atoms with Crippen molar-refractivity contribution in [2.24, 2.45) is 11.3 Å². The summed E-state index contributed by atoms with van der Waals surface area (Å²) in [6.07, 6.45) is 5.96. The van der Waals surface area contributed by atoms with Crippen molar-refractivity contribution < 1.29 is 14.7 Å². The van der Waals surface area contributed by atoms with Crippen LogP contribution in [0.1, 0.15) is 52.4 Å². The van der Waals surface area contributed by atoms with E-state index < -0.39 is 5.97 Å². The summed E-state index contributed by atoms with van der Waals surface area (Å²) in [5.41, 5.74) is 0.248. The van der Waals surface area contributed by atoms with Crippen molar-refractivity contribution in [2.75, 3.05) is 13.1 Å². The summed E-state index contributed by atoms with van der Waals surface area (Å²) in [6.45, 7) is 5.31. The molecule has 5 heteroatoms. The second-order valence-electron chi connectivity index (χ2n) is 6.06. The number of nitrogens with one attached hydrogen (secondary N) is 2. The van der Waals surface area contributed by atoms with Gasteiger partial charge in [0.05, 0.1) is 6.42 Å². The fraction of sp³-hybridized carbons (Fsp3) is 0.857. The molecule has 0 aromatic carbocycles. The summed E-state index contributed by atoms with van der Waals surface area (Å²) >= 11 is 0. The van der Waals surface area contributed by atoms with Crippen LogP contribution in [0.2, 0.25) is 0 Å². The quantitative estimate of drug-likeness (QED) is 0.664. The molecule has 0 heterocycles. The minimum atomic E-state index is -0.896. The average molecular weight is 270 g/mol. The molecule has 0 atom stereocenters. The maximum Gasteiger partial charge on any atom is 0.314 e. The van der Waals surface area contributed by atoms with Crippen LogP contribution in [0.5, 0.6) is 0 Å². The molecule has 1 aliphatic carbocycles. The number of carbonyl (C=O) groups excluding carboxylic acids is 1. The Morgan fingerprint density at radius 3 is 2.37 bits per heavy atom. The van der Waals surface area contributed by atoms with Crippen LogP contribution in [0, 0.1) is 11.3 Å². The van der Waals surface area contributed by atoms with Gasteiger partial charge in [-0.1, -0.05) is 26.7 Å². The van der Waals surface area contributed by atoms with E-state index in [-0.39, 0.29) is 24.4 Å². The Hall–Kier alpha value is -1.26. The lowest BCUT2D eigenvalue weighted by Gasteiger charge is -2.31. The molecule has 1 fully saturated rings. The highest BCUT2D eigenvalue weighted by molar-refractivity contribution is 5.75. The van der Waals surface area contributed by atoms with E-state index in [9.17, 15) is 9.59 Å². The molecular formula is C14H26N2O3. The van der Waals surface area contributed by atoms with Gasteiger partial charge in [0.1, 0.15) is 0 Å². The minimum absolute atomic E-state index is 0.0371. The average Bonchev–Trinajstić information content (AvgIpc) is 2.74. The first-order valence-electron chi connectivity index (χ1n) is 7.17. The number of hydrogen-bond acceptors (Lipinski definition) is 2. The van der Waals surface area contributed by atoms with Gasteiger partial charge in [0.25, 0.3) is 0 Å². The number of carboxylic acid groups (broad SMARTS) is 1. The summed E-state index contributed by atoms with van der Waals surface area (Å²) in [7, 11) is 0. The summed E-state index contributed by atoms with van der Waals surface area (Å²) in [5.74, 6) is -0.262. The molecular weight excluding hydrogens is 244 g/mol. The van der Waals surface area contributed by atoms with E-state index in [1.54, 1.807) is 0 Å². The zero-order valence-electron chi connectivity index (χ0n) is 12.0. The fourth-order valence-electron chi connectivity index (χ4n) is 3.06. The highest BCUT2D eigenvalue weighted by Gasteiger charge is 2.34. The Morgan fingerprint density at radius 1 is 1.21 bits per heavy atom. The molecule has 0 aliphatic heterocycles. The Balaban J connectivity index is 2.31. The monoisotopic (exact) mass is 270 g/mol. The smallest absolute Gasteiger partial charge is 0.314 e. The molecule has 1 aliphatic rings. The van der Waals surface area contributed by atoms with E-state index in [1.807, 2.05) is 0 Å². The topological polar surface area (TPSA) is 78.4 Å². The van der Waals surface area contributed by atoms with E-state index in [4.69, 9.17) is 5.11 Å². The first-order valence-corrected chi connectivity index (χ1v) is 7.17. The fourth-order valence-corrected chi connectivity index (χ4v) is 3.06. The maximum atomic E-state index is 11.6. The van der Waals surface area contributed by atoms with Crippen molar-refractivity contribution in [1.82, 2.24) is 10.6 Å². The maximum absolute atomic E-state index is 11.6. The summed E-state index contributed by atoms with van der Waals surface area (Å²) in [4.78, 5) is 21.9. The zero-order chi connectivity index (χ0) is 14.3. The van der Waals surface area contributed by atoms with Gasteiger partial charge in [-0.3, -0.25) is 4.79 Å². The number of aliphatic carboxylic acids is 1. The molecule has 0 aromatic rings. The standard InChI is InChI=1S/C14H26N2O3/c1-11(2)9-14(6-3-4-7-14)10-16-13(19)15-8-5-12(17)18/h11H,3-10H2,1-2H3,(H,17,18)(H2,15,16,19). The van der Waals surface area contributed by atoms with E-state index >= 15 is 0 Å². The number of carbonyl (C=O) groups is 2. The van der Waals surface area contributed by atoms with Crippen LogP contribution >= 0.6 is 0 Å². The van der Waals surface area contributed by atoms with Gasteiger partial charge in [0.15, 0.2) is 0 Å². The predicted octanol–water partition coefficient (Wildman–Crippen LogP) is 2.37. The van der Waals surface area contributed by atoms with Gasteiger partial charge >= 0.3 is 12.0 Å². The second-order valence-corrected chi connectivity index (χ2v) is 6.06. The van der Waals surface area contributed by atoms with Crippen molar-refractivity contribution in [3.63, 3.8) is 0 Å². The highest BCUT2D eigenvalue weighted by Crippen LogP contribution is 2.42. The molecule has 3 N–H and O–H groups in total. The van der Waals surface area contributed by atoms with Gasteiger partial charge in [0, 0.05) is 13.1 Å². The van der Waals surface area contributed by atoms with Crippen LogP contribution in [-0.2, 0) is 4.79 Å². The molecule has 19 heavy (non-hydrogen) atoms. The van der Waals surface area contributed by atoms with Crippen molar-refractivity contribution >= 4 is 12.0 Å². The Bertz CT molecular complexity index is 310. The van der Waals surface area contributed by atoms with E-state index in [0.717, 1.165) is 6.42 Å². The number of urea groups is 1. The molecule has 5 nitrogen and oxygen atoms in total. The van der Waals surface area contributed by atoms with Crippen LogP contribution < -0.4 is 10.6 Å². The summed E-state index contributed by atoms with van der Waals surface area (Å²) < 4.78 is 0. The molecule has 0 spiro atoms. The van der Waals surface area contributed by atoms with Crippen LogP contribution in [0.25, 0.3) is 0 Å². The van der Waals surface area contributed by atoms with Gasteiger partial charge < -0.3 is 15.7 Å². The minimum Gasteiger partial charge on any atom is -0.481 e. The summed E-state index contributed by atoms with van der Waals surface area (Å²) in [5, 5.41) is 14.0. The predicted molar refractivity (Wildman–Crippen MR) is 74.0 cm³/mol. The Morgan fingerprint density at radius 2 is 1.84 bits per heavy atom. The van der Waals surface area contributed by atoms with Gasteiger partial charge in [0.2, 0.25) is 0 Å². The third-order valence-corrected chi connectivity index (χ3v) is 3.75. The third-order valence-electron chi connectivity index (χ3n) is 3.75. The molecule has 0 aromatic heterocycles. The number of rotatable bonds is 7. The lowest BCUT2D eigenvalue weighted by atomic mass is 9.78. The molecule has 0 saturated heterocycles. The van der Waals surface area contributed by atoms with Crippen LogP contribution in [0.15, 0.2) is 0 Å². The van der Waals surface area contributed by atoms with Gasteiger partial charge in [-0.2, -0.15) is 0 Å². The summed E-state index contributed by atoms with van der Waals surface area (Å²) in [6, 6.07) is -0.253. The largest absolute Gasteiger partial charge is 0.481 e. The molecule has 2 amide bonds. The lowest BCUT2D eigenvalue weighted by Crippen LogP contribution is -2.42. The normalized spacial score (nSPS) is 17.4. The molecule has 0 radical (unpaired) electrons. The van der Waals surface area contributed by atoms with Crippen LogP contribution in [0.3, 0.4) is 0 Å². The zero-order valence-corrected chi connectivity index (χ0v) is 12.0. The Kier molecular flexibility index (Phi) is 6.12. The van der Waals surface area contributed by atoms with Crippen molar-refractivity contribution in [3.05, 3.63) is 0 Å². The molecule has 1 rings (SSSR count). The van der Waals surface area contributed by atoms with Gasteiger partial charge in [-0.15, -0.1) is 0 Å².